The summed E-state index contributed by atoms with van der Waals surface area (Å²) in [5.74, 6) is 0.196. The number of benzene rings is 1. The van der Waals surface area contributed by atoms with Crippen LogP contribution in [0.2, 0.25) is 0 Å². The Kier molecular flexibility index (Phi) is 4.67. The number of hydrogen-bond acceptors (Lipinski definition) is 3. The monoisotopic (exact) mass is 290 g/mol. The van der Waals surface area contributed by atoms with E-state index in [1.54, 1.807) is 6.07 Å². The van der Waals surface area contributed by atoms with Gasteiger partial charge in [0.2, 0.25) is 0 Å². The van der Waals surface area contributed by atoms with Crippen molar-refractivity contribution in [2.75, 3.05) is 25.4 Å². The summed E-state index contributed by atoms with van der Waals surface area (Å²) in [5, 5.41) is 2.61. The predicted molar refractivity (Wildman–Crippen MR) is 81.8 cm³/mol. The maximum absolute atomic E-state index is 12.6. The molecule has 0 aromatic heterocycles. The number of amides is 3. The highest BCUT2D eigenvalue weighted by molar-refractivity contribution is 5.99. The summed E-state index contributed by atoms with van der Waals surface area (Å²) in [6, 6.07) is 4.97. The molecule has 0 aliphatic carbocycles. The fourth-order valence-corrected chi connectivity index (χ4v) is 2.70. The third kappa shape index (κ3) is 3.65. The number of aryl methyl sites for hydroxylation is 1. The molecule has 0 bridgehead atoms. The lowest BCUT2D eigenvalue weighted by molar-refractivity contribution is 0.0676. The molecule has 0 saturated carbocycles. The van der Waals surface area contributed by atoms with Crippen molar-refractivity contribution >= 4 is 17.6 Å². The Hall–Kier alpha value is -2.24. The van der Waals surface area contributed by atoms with Crippen LogP contribution in [-0.2, 0) is 0 Å². The minimum Gasteiger partial charge on any atom is -0.398 e. The fraction of sp³-hybridized carbons (Fsp3) is 0.467. The van der Waals surface area contributed by atoms with E-state index in [0.717, 1.165) is 24.9 Å². The van der Waals surface area contributed by atoms with E-state index in [-0.39, 0.29) is 11.8 Å². The van der Waals surface area contributed by atoms with Gasteiger partial charge in [0, 0.05) is 25.3 Å². The number of nitrogen functional groups attached to an aromatic ring is 1. The smallest absolute Gasteiger partial charge is 0.312 e. The van der Waals surface area contributed by atoms with Gasteiger partial charge in [-0.3, -0.25) is 4.79 Å². The van der Waals surface area contributed by atoms with E-state index in [1.807, 2.05) is 24.0 Å². The lowest BCUT2D eigenvalue weighted by Crippen LogP contribution is -2.44. The molecule has 2 rings (SSSR count). The first-order valence-corrected chi connectivity index (χ1v) is 7.16. The molecular weight excluding hydrogens is 268 g/mol. The molecule has 1 unspecified atom stereocenters. The fourth-order valence-electron chi connectivity index (χ4n) is 2.70. The Labute approximate surface area is 124 Å². The number of primary amides is 1. The second kappa shape index (κ2) is 6.47. The first-order chi connectivity index (χ1) is 9.99. The first kappa shape index (κ1) is 15.2. The largest absolute Gasteiger partial charge is 0.398 e. The lowest BCUT2D eigenvalue weighted by atomic mass is 9.97. The molecule has 1 aliphatic heterocycles. The van der Waals surface area contributed by atoms with Crippen LogP contribution in [-0.4, -0.2) is 36.5 Å². The van der Waals surface area contributed by atoms with Gasteiger partial charge >= 0.3 is 6.03 Å². The van der Waals surface area contributed by atoms with Crippen molar-refractivity contribution in [3.63, 3.8) is 0 Å². The molecule has 3 amide bonds. The van der Waals surface area contributed by atoms with Crippen molar-refractivity contribution in [1.82, 2.24) is 10.2 Å². The third-order valence-corrected chi connectivity index (χ3v) is 3.93. The zero-order valence-electron chi connectivity index (χ0n) is 12.3. The minimum absolute atomic E-state index is 0.0417. The minimum atomic E-state index is -0.527. The molecule has 0 radical (unpaired) electrons. The van der Waals surface area contributed by atoms with E-state index >= 15 is 0 Å². The van der Waals surface area contributed by atoms with Gasteiger partial charge in [-0.05, 0) is 37.3 Å². The molecule has 1 fully saturated rings. The molecule has 1 saturated heterocycles. The second-order valence-electron chi connectivity index (χ2n) is 5.54. The van der Waals surface area contributed by atoms with Crippen molar-refractivity contribution in [2.24, 2.45) is 11.7 Å². The van der Waals surface area contributed by atoms with Gasteiger partial charge in [-0.1, -0.05) is 12.1 Å². The number of carbonyl (C=O) groups excluding carboxylic acids is 2. The van der Waals surface area contributed by atoms with Crippen LogP contribution in [0.3, 0.4) is 0 Å². The standard InChI is InChI=1S/C15H22N4O2/c1-10-4-2-6-12(13(10)16)14(20)19-7-3-5-11(9-19)8-18-15(17)21/h2,4,6,11H,3,5,7-9,16H2,1H3,(H3,17,18,21). The number of hydrogen-bond donors (Lipinski definition) is 3. The number of nitrogens with one attached hydrogen (secondary N) is 1. The zero-order valence-corrected chi connectivity index (χ0v) is 12.3. The molecule has 1 aromatic rings. The highest BCUT2D eigenvalue weighted by Gasteiger charge is 2.25. The molecule has 5 N–H and O–H groups in total. The summed E-state index contributed by atoms with van der Waals surface area (Å²) in [5.41, 5.74) is 13.1. The van der Waals surface area contributed by atoms with Crippen molar-refractivity contribution in [3.8, 4) is 0 Å². The van der Waals surface area contributed by atoms with Crippen LogP contribution in [0.1, 0.15) is 28.8 Å². The van der Waals surface area contributed by atoms with Gasteiger partial charge in [-0.15, -0.1) is 0 Å². The molecule has 6 heteroatoms. The van der Waals surface area contributed by atoms with Crippen molar-refractivity contribution < 1.29 is 9.59 Å². The third-order valence-electron chi connectivity index (χ3n) is 3.93. The number of carbonyl (C=O) groups is 2. The number of para-hydroxylation sites is 1. The average Bonchev–Trinajstić information content (AvgIpc) is 2.47. The number of nitrogens with zero attached hydrogens (tertiary/aromatic N) is 1. The van der Waals surface area contributed by atoms with E-state index in [2.05, 4.69) is 5.32 Å². The zero-order chi connectivity index (χ0) is 15.4. The van der Waals surface area contributed by atoms with Crippen LogP contribution in [0.15, 0.2) is 18.2 Å². The van der Waals surface area contributed by atoms with Gasteiger partial charge in [-0.25, -0.2) is 4.79 Å². The molecule has 1 atom stereocenters. The van der Waals surface area contributed by atoms with Crippen LogP contribution in [0.25, 0.3) is 0 Å². The number of urea groups is 1. The number of rotatable bonds is 3. The quantitative estimate of drug-likeness (QED) is 0.726. The van der Waals surface area contributed by atoms with Gasteiger partial charge < -0.3 is 21.7 Å². The van der Waals surface area contributed by atoms with E-state index in [1.165, 1.54) is 0 Å². The van der Waals surface area contributed by atoms with Crippen molar-refractivity contribution in [3.05, 3.63) is 29.3 Å². The maximum atomic E-state index is 12.6. The van der Waals surface area contributed by atoms with E-state index in [0.29, 0.717) is 24.3 Å². The summed E-state index contributed by atoms with van der Waals surface area (Å²) in [6.07, 6.45) is 1.90. The molecule has 6 nitrogen and oxygen atoms in total. The summed E-state index contributed by atoms with van der Waals surface area (Å²) >= 11 is 0. The Morgan fingerprint density at radius 2 is 2.19 bits per heavy atom. The highest BCUT2D eigenvalue weighted by atomic mass is 16.2. The van der Waals surface area contributed by atoms with E-state index < -0.39 is 6.03 Å². The number of anilines is 1. The molecule has 1 aromatic carbocycles. The molecule has 114 valence electrons. The van der Waals surface area contributed by atoms with Gasteiger partial charge in [-0.2, -0.15) is 0 Å². The summed E-state index contributed by atoms with van der Waals surface area (Å²) in [4.78, 5) is 25.2. The van der Waals surface area contributed by atoms with Crippen molar-refractivity contribution in [1.29, 1.82) is 0 Å². The second-order valence-corrected chi connectivity index (χ2v) is 5.54. The number of nitrogens with two attached hydrogens (primary N) is 2. The number of piperidine rings is 1. The Balaban J connectivity index is 2.05. The molecule has 1 aliphatic rings. The normalized spacial score (nSPS) is 18.3. The summed E-state index contributed by atoms with van der Waals surface area (Å²) < 4.78 is 0. The summed E-state index contributed by atoms with van der Waals surface area (Å²) in [6.45, 7) is 3.73. The lowest BCUT2D eigenvalue weighted by Gasteiger charge is -2.33. The maximum Gasteiger partial charge on any atom is 0.312 e. The Morgan fingerprint density at radius 3 is 2.90 bits per heavy atom. The van der Waals surface area contributed by atoms with Gasteiger partial charge in [0.25, 0.3) is 5.91 Å². The van der Waals surface area contributed by atoms with Gasteiger partial charge in [0.05, 0.1) is 5.56 Å². The van der Waals surface area contributed by atoms with Crippen LogP contribution >= 0.6 is 0 Å². The molecule has 0 spiro atoms. The SMILES string of the molecule is Cc1cccc(C(=O)N2CCCC(CNC(N)=O)C2)c1N. The molecule has 1 heterocycles. The van der Waals surface area contributed by atoms with Crippen LogP contribution in [0.5, 0.6) is 0 Å². The highest BCUT2D eigenvalue weighted by Crippen LogP contribution is 2.22. The van der Waals surface area contributed by atoms with Gasteiger partial charge in [0.15, 0.2) is 0 Å². The molecular formula is C15H22N4O2. The first-order valence-electron chi connectivity index (χ1n) is 7.16. The number of likely N-dealkylation sites (tertiary alicyclic amines) is 1. The Bertz CT molecular complexity index is 544. The van der Waals surface area contributed by atoms with Crippen LogP contribution in [0, 0.1) is 12.8 Å². The van der Waals surface area contributed by atoms with Crippen LogP contribution < -0.4 is 16.8 Å². The summed E-state index contributed by atoms with van der Waals surface area (Å²) in [7, 11) is 0. The van der Waals surface area contributed by atoms with Crippen molar-refractivity contribution in [2.45, 2.75) is 19.8 Å². The predicted octanol–water partition coefficient (Wildman–Crippen LogP) is 1.10. The van der Waals surface area contributed by atoms with Gasteiger partial charge in [0.1, 0.15) is 0 Å². The van der Waals surface area contributed by atoms with E-state index in [4.69, 9.17) is 11.5 Å². The molecule has 21 heavy (non-hydrogen) atoms. The van der Waals surface area contributed by atoms with E-state index in [9.17, 15) is 9.59 Å². The van der Waals surface area contributed by atoms with Crippen LogP contribution in [0.4, 0.5) is 10.5 Å². The Morgan fingerprint density at radius 1 is 1.43 bits per heavy atom. The topological polar surface area (TPSA) is 101 Å². The average molecular weight is 290 g/mol.